The highest BCUT2D eigenvalue weighted by molar-refractivity contribution is 7.03. The van der Waals surface area contributed by atoms with Crippen molar-refractivity contribution < 1.29 is 14.3 Å². The molecule has 0 saturated heterocycles. The van der Waals surface area contributed by atoms with E-state index < -0.39 is 6.09 Å². The normalized spacial score (nSPS) is 11.0. The number of imidazole rings is 1. The van der Waals surface area contributed by atoms with Crippen molar-refractivity contribution in [2.75, 3.05) is 18.9 Å². The van der Waals surface area contributed by atoms with Crippen LogP contribution in [0.2, 0.25) is 0 Å². The van der Waals surface area contributed by atoms with Crippen molar-refractivity contribution in [2.45, 2.75) is 20.0 Å². The summed E-state index contributed by atoms with van der Waals surface area (Å²) in [5.41, 5.74) is 11.8. The number of benzene rings is 2. The number of rotatable bonds is 9. The summed E-state index contributed by atoms with van der Waals surface area (Å²) in [5.74, 6) is 0.837. The number of carbonyl (C=O) groups excluding carboxylic acids is 2. The molecular weight excluding hydrogens is 514 g/mol. The van der Waals surface area contributed by atoms with E-state index in [0.717, 1.165) is 39.1 Å². The van der Waals surface area contributed by atoms with Gasteiger partial charge < -0.3 is 25.7 Å². The number of pyridine rings is 1. The Bertz CT molecular complexity index is 1660. The Morgan fingerprint density at radius 2 is 1.82 bits per heavy atom. The zero-order valence-corrected chi connectivity index (χ0v) is 22.1. The molecule has 0 saturated carbocycles. The zero-order chi connectivity index (χ0) is 27.4. The van der Waals surface area contributed by atoms with E-state index in [9.17, 15) is 9.59 Å². The molecule has 2 aromatic carbocycles. The smallest absolute Gasteiger partial charge is 0.407 e. The molecule has 5 rings (SSSR count). The fourth-order valence-electron chi connectivity index (χ4n) is 4.17. The molecule has 0 spiro atoms. The monoisotopic (exact) mass is 541 g/mol. The molecule has 3 heterocycles. The summed E-state index contributed by atoms with van der Waals surface area (Å²) < 4.78 is 11.7. The number of alkyl carbamates (subject to hydrolysis) is 1. The molecule has 3 aromatic heterocycles. The second-order valence-electron chi connectivity index (χ2n) is 8.96. The van der Waals surface area contributed by atoms with Crippen LogP contribution in [0.5, 0.6) is 0 Å². The third-order valence-corrected chi connectivity index (χ3v) is 6.65. The number of nitrogens with two attached hydrogens (primary N) is 1. The summed E-state index contributed by atoms with van der Waals surface area (Å²) in [6.45, 7) is 6.31. The summed E-state index contributed by atoms with van der Waals surface area (Å²) in [6.07, 6.45) is -0.556. The Morgan fingerprint density at radius 1 is 1.05 bits per heavy atom. The molecule has 0 aliphatic rings. The van der Waals surface area contributed by atoms with Gasteiger partial charge in [-0.2, -0.15) is 4.37 Å². The van der Waals surface area contributed by atoms with Gasteiger partial charge in [0.25, 0.3) is 0 Å². The fraction of sp³-hybridized carbons (Fsp3) is 0.179. The lowest BCUT2D eigenvalue weighted by Gasteiger charge is -2.11. The minimum atomic E-state index is -0.556. The summed E-state index contributed by atoms with van der Waals surface area (Å²) in [5, 5.41) is 8.21. The Kier molecular flexibility index (Phi) is 7.50. The zero-order valence-electron chi connectivity index (χ0n) is 21.3. The van der Waals surface area contributed by atoms with Crippen LogP contribution in [0.1, 0.15) is 18.1 Å². The lowest BCUT2D eigenvalue weighted by molar-refractivity contribution is -0.117. The number of aromatic nitrogens is 4. The number of carbonyl (C=O) groups is 2. The molecule has 0 fully saturated rings. The number of hydrogen-bond acceptors (Lipinski definition) is 8. The maximum absolute atomic E-state index is 12.0. The quantitative estimate of drug-likeness (QED) is 0.187. The first-order valence-corrected chi connectivity index (χ1v) is 13.1. The van der Waals surface area contributed by atoms with Crippen LogP contribution in [0, 0.1) is 0 Å². The first-order valence-electron chi connectivity index (χ1n) is 12.3. The number of amides is 2. The van der Waals surface area contributed by atoms with Crippen molar-refractivity contribution in [3.63, 3.8) is 0 Å². The number of ether oxygens (including phenoxy) is 1. The molecule has 39 heavy (non-hydrogen) atoms. The molecule has 0 bridgehead atoms. The lowest BCUT2D eigenvalue weighted by atomic mass is 10.1. The standard InChI is InChI=1S/C28H27N7O3S/c1-17(2)27(36)30-12-13-38-28(37)31-15-18-7-9-19(10-8-18)16-35-24-20-5-3-4-6-21(20)32-25(29)23(24)33-26(35)22-11-14-39-34-22/h3-11,14H,1,12-13,15-16H2,2H3,(H2,29,32)(H,30,36)(H,31,37). The molecule has 5 aromatic rings. The van der Waals surface area contributed by atoms with Crippen molar-refractivity contribution in [1.82, 2.24) is 29.5 Å². The predicted octanol–water partition coefficient (Wildman–Crippen LogP) is 4.26. The molecule has 4 N–H and O–H groups in total. The molecule has 0 unspecified atom stereocenters. The number of fused-ring (bicyclic) bond motifs is 3. The van der Waals surface area contributed by atoms with Gasteiger partial charge in [0, 0.05) is 29.4 Å². The van der Waals surface area contributed by atoms with Crippen LogP contribution >= 0.6 is 11.5 Å². The summed E-state index contributed by atoms with van der Waals surface area (Å²) in [4.78, 5) is 32.8. The van der Waals surface area contributed by atoms with E-state index in [1.54, 1.807) is 6.92 Å². The van der Waals surface area contributed by atoms with Gasteiger partial charge in [-0.1, -0.05) is 49.0 Å². The van der Waals surface area contributed by atoms with E-state index >= 15 is 0 Å². The van der Waals surface area contributed by atoms with E-state index in [2.05, 4.69) is 31.1 Å². The fourth-order valence-corrected chi connectivity index (χ4v) is 4.67. The maximum Gasteiger partial charge on any atom is 0.407 e. The van der Waals surface area contributed by atoms with Gasteiger partial charge >= 0.3 is 6.09 Å². The SMILES string of the molecule is C=C(C)C(=O)NCCOC(=O)NCc1ccc(Cn2c(-c3ccsn3)nc3c(N)nc4ccccc4c32)cc1. The predicted molar refractivity (Wildman–Crippen MR) is 152 cm³/mol. The van der Waals surface area contributed by atoms with E-state index in [4.69, 9.17) is 15.5 Å². The number of para-hydroxylation sites is 1. The van der Waals surface area contributed by atoms with Crippen molar-refractivity contribution in [2.24, 2.45) is 0 Å². The van der Waals surface area contributed by atoms with Crippen LogP contribution in [-0.2, 0) is 22.6 Å². The Balaban J connectivity index is 1.31. The molecule has 2 amide bonds. The van der Waals surface area contributed by atoms with Crippen LogP contribution in [0.3, 0.4) is 0 Å². The van der Waals surface area contributed by atoms with Crippen molar-refractivity contribution in [3.8, 4) is 11.5 Å². The lowest BCUT2D eigenvalue weighted by Crippen LogP contribution is -2.31. The van der Waals surface area contributed by atoms with Crippen molar-refractivity contribution >= 4 is 51.3 Å². The first kappa shape index (κ1) is 25.9. The van der Waals surface area contributed by atoms with Gasteiger partial charge in [0.05, 0.1) is 17.6 Å². The molecule has 198 valence electrons. The largest absolute Gasteiger partial charge is 0.448 e. The molecule has 0 aliphatic heterocycles. The third kappa shape index (κ3) is 5.73. The number of nitrogen functional groups attached to an aromatic ring is 1. The average Bonchev–Trinajstić information content (AvgIpc) is 3.59. The van der Waals surface area contributed by atoms with Crippen molar-refractivity contribution in [1.29, 1.82) is 0 Å². The van der Waals surface area contributed by atoms with Crippen LogP contribution in [-0.4, -0.2) is 44.1 Å². The molecule has 0 radical (unpaired) electrons. The van der Waals surface area contributed by atoms with E-state index in [1.807, 2.05) is 60.0 Å². The highest BCUT2D eigenvalue weighted by Crippen LogP contribution is 2.33. The van der Waals surface area contributed by atoms with Crippen molar-refractivity contribution in [3.05, 3.63) is 83.3 Å². The summed E-state index contributed by atoms with van der Waals surface area (Å²) in [7, 11) is 0. The summed E-state index contributed by atoms with van der Waals surface area (Å²) in [6, 6.07) is 17.8. The van der Waals surface area contributed by atoms with Gasteiger partial charge in [-0.15, -0.1) is 0 Å². The second-order valence-corrected chi connectivity index (χ2v) is 9.63. The summed E-state index contributed by atoms with van der Waals surface area (Å²) >= 11 is 1.37. The minimum absolute atomic E-state index is 0.0681. The number of nitrogens with one attached hydrogen (secondary N) is 2. The molecule has 0 atom stereocenters. The maximum atomic E-state index is 12.0. The second kappa shape index (κ2) is 11.3. The number of nitrogens with zero attached hydrogens (tertiary/aromatic N) is 4. The van der Waals surface area contributed by atoms with Gasteiger partial charge in [0.2, 0.25) is 5.91 Å². The topological polar surface area (TPSA) is 137 Å². The van der Waals surface area contributed by atoms with Crippen LogP contribution in [0.4, 0.5) is 10.6 Å². The highest BCUT2D eigenvalue weighted by Gasteiger charge is 2.19. The first-order chi connectivity index (χ1) is 18.9. The average molecular weight is 542 g/mol. The van der Waals surface area contributed by atoms with Crippen LogP contribution in [0.25, 0.3) is 33.5 Å². The number of hydrogen-bond donors (Lipinski definition) is 3. The molecular formula is C28H27N7O3S. The Morgan fingerprint density at radius 3 is 2.56 bits per heavy atom. The molecule has 11 heteroatoms. The Hall–Kier alpha value is -4.77. The van der Waals surface area contributed by atoms with Gasteiger partial charge in [0.1, 0.15) is 17.8 Å². The third-order valence-electron chi connectivity index (χ3n) is 6.09. The van der Waals surface area contributed by atoms with Gasteiger partial charge in [0.15, 0.2) is 11.6 Å². The van der Waals surface area contributed by atoms with E-state index in [0.29, 0.717) is 30.0 Å². The van der Waals surface area contributed by atoms with Gasteiger partial charge in [-0.05, 0) is 41.7 Å². The van der Waals surface area contributed by atoms with E-state index in [1.165, 1.54) is 11.5 Å². The van der Waals surface area contributed by atoms with Gasteiger partial charge in [-0.25, -0.2) is 14.8 Å². The molecule has 10 nitrogen and oxygen atoms in total. The number of anilines is 1. The molecule has 0 aliphatic carbocycles. The minimum Gasteiger partial charge on any atom is -0.448 e. The van der Waals surface area contributed by atoms with E-state index in [-0.39, 0.29) is 19.1 Å². The van der Waals surface area contributed by atoms with Crippen LogP contribution in [0.15, 0.2) is 72.1 Å². The Labute approximate surface area is 228 Å². The van der Waals surface area contributed by atoms with Gasteiger partial charge in [-0.3, -0.25) is 4.79 Å². The highest BCUT2D eigenvalue weighted by atomic mass is 32.1. The van der Waals surface area contributed by atoms with Crippen LogP contribution < -0.4 is 16.4 Å².